The van der Waals surface area contributed by atoms with Crippen LogP contribution in [0.5, 0.6) is 11.5 Å². The maximum absolute atomic E-state index is 12.0. The van der Waals surface area contributed by atoms with E-state index in [9.17, 15) is 9.90 Å². The van der Waals surface area contributed by atoms with E-state index in [1.807, 2.05) is 19.1 Å². The average Bonchev–Trinajstić information content (AvgIpc) is 2.55. The summed E-state index contributed by atoms with van der Waals surface area (Å²) in [6.07, 6.45) is 0. The Bertz CT molecular complexity index is 863. The minimum atomic E-state index is -0.435. The van der Waals surface area contributed by atoms with Crippen LogP contribution in [0.2, 0.25) is 5.02 Å². The summed E-state index contributed by atoms with van der Waals surface area (Å²) in [5.41, 5.74) is 2.36. The van der Waals surface area contributed by atoms with Crippen molar-refractivity contribution in [2.45, 2.75) is 33.1 Å². The lowest BCUT2D eigenvalue weighted by molar-refractivity contribution is -0.121. The Labute approximate surface area is 169 Å². The molecule has 0 aliphatic carbocycles. The van der Waals surface area contributed by atoms with Crippen molar-refractivity contribution in [3.63, 3.8) is 0 Å². The Morgan fingerprint density at radius 2 is 1.93 bits per heavy atom. The number of phenolic OH excluding ortho intramolecular Hbond substituents is 1. The maximum Gasteiger partial charge on any atom is 0.264 e. The van der Waals surface area contributed by atoms with Crippen LogP contribution < -0.4 is 15.4 Å². The summed E-state index contributed by atoms with van der Waals surface area (Å²) < 4.78 is 5.41. The number of halogens is 1. The van der Waals surface area contributed by atoms with Gasteiger partial charge in [0, 0.05) is 0 Å². The number of ether oxygens (including phenoxy) is 1. The van der Waals surface area contributed by atoms with Gasteiger partial charge < -0.3 is 15.2 Å². The zero-order valence-electron chi connectivity index (χ0n) is 15.7. The fourth-order valence-electron chi connectivity index (χ4n) is 2.29. The summed E-state index contributed by atoms with van der Waals surface area (Å²) in [7, 11) is 0. The van der Waals surface area contributed by atoms with Crippen molar-refractivity contribution in [2.75, 3.05) is 11.9 Å². The first-order valence-electron chi connectivity index (χ1n) is 8.39. The summed E-state index contributed by atoms with van der Waals surface area (Å²) in [6.45, 7) is 7.87. The number of carbonyl (C=O) groups excluding carboxylic acids is 1. The first kappa shape index (κ1) is 21.0. The number of hydrogen-bond donors (Lipinski definition) is 3. The van der Waals surface area contributed by atoms with Gasteiger partial charge in [-0.2, -0.15) is 0 Å². The molecule has 0 unspecified atom stereocenters. The predicted molar refractivity (Wildman–Crippen MR) is 113 cm³/mol. The Morgan fingerprint density at radius 1 is 1.22 bits per heavy atom. The summed E-state index contributed by atoms with van der Waals surface area (Å²) in [6, 6.07) is 10.5. The first-order chi connectivity index (χ1) is 12.6. The summed E-state index contributed by atoms with van der Waals surface area (Å²) in [5, 5.41) is 15.9. The van der Waals surface area contributed by atoms with Crippen molar-refractivity contribution in [2.24, 2.45) is 0 Å². The number of benzene rings is 2. The first-order valence-corrected chi connectivity index (χ1v) is 9.18. The van der Waals surface area contributed by atoms with Crippen molar-refractivity contribution in [1.82, 2.24) is 5.32 Å². The third-order valence-electron chi connectivity index (χ3n) is 3.81. The minimum absolute atomic E-state index is 0.0438. The molecule has 0 atom stereocenters. The SMILES string of the molecule is Cc1ccc(OCC(=O)NC(=S)Nc2cc(C(C)(C)C)ccc2O)c(Cl)c1. The monoisotopic (exact) mass is 406 g/mol. The molecule has 0 heterocycles. The molecule has 27 heavy (non-hydrogen) atoms. The molecular formula is C20H23ClN2O3S. The zero-order valence-corrected chi connectivity index (χ0v) is 17.3. The normalized spacial score (nSPS) is 11.0. The smallest absolute Gasteiger partial charge is 0.264 e. The molecular weight excluding hydrogens is 384 g/mol. The molecule has 0 aliphatic rings. The van der Waals surface area contributed by atoms with E-state index in [2.05, 4.69) is 31.4 Å². The second kappa shape index (κ2) is 8.59. The van der Waals surface area contributed by atoms with Gasteiger partial charge in [-0.15, -0.1) is 0 Å². The third kappa shape index (κ3) is 6.12. The quantitative estimate of drug-likeness (QED) is 0.513. The lowest BCUT2D eigenvalue weighted by Gasteiger charge is -2.21. The molecule has 2 aromatic carbocycles. The van der Waals surface area contributed by atoms with E-state index in [0.717, 1.165) is 11.1 Å². The maximum atomic E-state index is 12.0. The van der Waals surface area contributed by atoms with Crippen LogP contribution >= 0.6 is 23.8 Å². The zero-order chi connectivity index (χ0) is 20.2. The van der Waals surface area contributed by atoms with E-state index in [1.54, 1.807) is 24.3 Å². The fourth-order valence-corrected chi connectivity index (χ4v) is 2.80. The number of aromatic hydroxyl groups is 1. The lowest BCUT2D eigenvalue weighted by Crippen LogP contribution is -2.37. The molecule has 5 nitrogen and oxygen atoms in total. The molecule has 0 aromatic heterocycles. The van der Waals surface area contributed by atoms with E-state index >= 15 is 0 Å². The van der Waals surface area contributed by atoms with Gasteiger partial charge in [0.15, 0.2) is 11.7 Å². The van der Waals surface area contributed by atoms with E-state index < -0.39 is 5.91 Å². The van der Waals surface area contributed by atoms with Gasteiger partial charge in [0.05, 0.1) is 10.7 Å². The second-order valence-electron chi connectivity index (χ2n) is 7.21. The minimum Gasteiger partial charge on any atom is -0.506 e. The van der Waals surface area contributed by atoms with Gasteiger partial charge in [0.25, 0.3) is 5.91 Å². The molecule has 144 valence electrons. The van der Waals surface area contributed by atoms with Gasteiger partial charge >= 0.3 is 0 Å². The van der Waals surface area contributed by atoms with Gasteiger partial charge in [0.2, 0.25) is 0 Å². The Balaban J connectivity index is 1.94. The second-order valence-corrected chi connectivity index (χ2v) is 8.02. The van der Waals surface area contributed by atoms with Gasteiger partial charge in [-0.1, -0.05) is 44.5 Å². The number of aryl methyl sites for hydroxylation is 1. The number of carbonyl (C=O) groups is 1. The highest BCUT2D eigenvalue weighted by Crippen LogP contribution is 2.30. The predicted octanol–water partition coefficient (Wildman–Crippen LogP) is 4.54. The molecule has 2 aromatic rings. The van der Waals surface area contributed by atoms with Crippen molar-refractivity contribution in [3.8, 4) is 11.5 Å². The molecule has 0 saturated carbocycles. The van der Waals surface area contributed by atoms with Gasteiger partial charge in [0.1, 0.15) is 11.5 Å². The highest BCUT2D eigenvalue weighted by atomic mass is 35.5. The molecule has 7 heteroatoms. The summed E-state index contributed by atoms with van der Waals surface area (Å²) in [4.78, 5) is 12.0. The fraction of sp³-hybridized carbons (Fsp3) is 0.300. The van der Waals surface area contributed by atoms with E-state index in [0.29, 0.717) is 16.5 Å². The van der Waals surface area contributed by atoms with Gasteiger partial charge in [-0.3, -0.25) is 10.1 Å². The highest BCUT2D eigenvalue weighted by Gasteiger charge is 2.16. The van der Waals surface area contributed by atoms with Gasteiger partial charge in [-0.25, -0.2) is 0 Å². The molecule has 0 aliphatic heterocycles. The van der Waals surface area contributed by atoms with E-state index in [-0.39, 0.29) is 22.9 Å². The van der Waals surface area contributed by atoms with Crippen LogP contribution in [0.15, 0.2) is 36.4 Å². The molecule has 1 amide bonds. The standard InChI is InChI=1S/C20H23ClN2O3S/c1-12-5-8-17(14(21)9-12)26-11-18(25)23-19(27)22-15-10-13(20(2,3)4)6-7-16(15)24/h5-10,24H,11H2,1-4H3,(H2,22,23,25,27). The molecule has 0 spiro atoms. The number of anilines is 1. The number of amides is 1. The highest BCUT2D eigenvalue weighted by molar-refractivity contribution is 7.80. The van der Waals surface area contributed by atoms with Crippen molar-refractivity contribution < 1.29 is 14.6 Å². The third-order valence-corrected chi connectivity index (χ3v) is 4.31. The van der Waals surface area contributed by atoms with Gasteiger partial charge in [-0.05, 0) is 59.9 Å². The Kier molecular flexibility index (Phi) is 6.68. The molecule has 0 saturated heterocycles. The summed E-state index contributed by atoms with van der Waals surface area (Å²) in [5.74, 6) is 0.0321. The van der Waals surface area contributed by atoms with Crippen LogP contribution in [0, 0.1) is 6.92 Å². The van der Waals surface area contributed by atoms with E-state index in [1.165, 1.54) is 0 Å². The summed E-state index contributed by atoms with van der Waals surface area (Å²) >= 11 is 11.2. The van der Waals surface area contributed by atoms with Crippen molar-refractivity contribution in [3.05, 3.63) is 52.5 Å². The van der Waals surface area contributed by atoms with Crippen LogP contribution in [0.3, 0.4) is 0 Å². The van der Waals surface area contributed by atoms with E-state index in [4.69, 9.17) is 28.6 Å². The van der Waals surface area contributed by atoms with Crippen LogP contribution in [0.1, 0.15) is 31.9 Å². The lowest BCUT2D eigenvalue weighted by atomic mass is 9.87. The average molecular weight is 407 g/mol. The van der Waals surface area contributed by atoms with Crippen molar-refractivity contribution in [1.29, 1.82) is 0 Å². The van der Waals surface area contributed by atoms with Crippen LogP contribution in [-0.2, 0) is 10.2 Å². The van der Waals surface area contributed by atoms with Crippen LogP contribution in [-0.4, -0.2) is 22.7 Å². The molecule has 0 bridgehead atoms. The molecule has 0 fully saturated rings. The Hall–Kier alpha value is -2.31. The number of rotatable bonds is 4. The van der Waals surface area contributed by atoms with Crippen LogP contribution in [0.4, 0.5) is 5.69 Å². The number of hydrogen-bond acceptors (Lipinski definition) is 4. The number of thiocarbonyl (C=S) groups is 1. The Morgan fingerprint density at radius 3 is 2.56 bits per heavy atom. The largest absolute Gasteiger partial charge is 0.506 e. The topological polar surface area (TPSA) is 70.6 Å². The molecule has 0 radical (unpaired) electrons. The molecule has 3 N–H and O–H groups in total. The number of nitrogens with one attached hydrogen (secondary N) is 2. The van der Waals surface area contributed by atoms with Crippen LogP contribution in [0.25, 0.3) is 0 Å². The van der Waals surface area contributed by atoms with Crippen molar-refractivity contribution >= 4 is 40.5 Å². The molecule has 2 rings (SSSR count). The number of phenols is 1.